The summed E-state index contributed by atoms with van der Waals surface area (Å²) in [6, 6.07) is 19.4. The molecule has 2 amide bonds. The number of rotatable bonds is 7. The van der Waals surface area contributed by atoms with E-state index < -0.39 is 0 Å². The van der Waals surface area contributed by atoms with Gasteiger partial charge in [-0.05, 0) is 67.3 Å². The van der Waals surface area contributed by atoms with Gasteiger partial charge in [0.15, 0.2) is 0 Å². The van der Waals surface area contributed by atoms with Crippen molar-refractivity contribution >= 4 is 17.4 Å². The molecule has 1 aliphatic rings. The molecule has 0 unspecified atom stereocenters. The summed E-state index contributed by atoms with van der Waals surface area (Å²) in [7, 11) is 0. The molecule has 6 heteroatoms. The summed E-state index contributed by atoms with van der Waals surface area (Å²) in [5.74, 6) is 0.783. The number of carbonyl (C=O) groups excluding carboxylic acids is 1. The minimum Gasteiger partial charge on any atom is -0.489 e. The zero-order chi connectivity index (χ0) is 21.3. The smallest absolute Gasteiger partial charge is 0.319 e. The molecule has 4 rings (SSSR count). The number of hydrogen-bond donors (Lipinski definition) is 2. The van der Waals surface area contributed by atoms with E-state index in [0.29, 0.717) is 13.2 Å². The summed E-state index contributed by atoms with van der Waals surface area (Å²) in [6.45, 7) is 3.14. The van der Waals surface area contributed by atoms with Crippen LogP contribution in [0.1, 0.15) is 30.4 Å². The van der Waals surface area contributed by atoms with Gasteiger partial charge in [-0.25, -0.2) is 4.79 Å². The van der Waals surface area contributed by atoms with E-state index in [1.54, 1.807) is 12.4 Å². The van der Waals surface area contributed by atoms with Gasteiger partial charge in [-0.1, -0.05) is 18.2 Å². The molecule has 0 spiro atoms. The first-order valence-electron chi connectivity index (χ1n) is 10.8. The zero-order valence-corrected chi connectivity index (χ0v) is 17.6. The first-order chi connectivity index (χ1) is 15.3. The molecule has 6 nitrogen and oxygen atoms in total. The fraction of sp³-hybridized carbons (Fsp3) is 0.280. The van der Waals surface area contributed by atoms with E-state index >= 15 is 0 Å². The Morgan fingerprint density at radius 2 is 1.71 bits per heavy atom. The highest BCUT2D eigenvalue weighted by molar-refractivity contribution is 5.89. The van der Waals surface area contributed by atoms with E-state index in [-0.39, 0.29) is 6.03 Å². The van der Waals surface area contributed by atoms with Gasteiger partial charge < -0.3 is 20.3 Å². The van der Waals surface area contributed by atoms with Gasteiger partial charge in [0.1, 0.15) is 12.4 Å². The van der Waals surface area contributed by atoms with Crippen molar-refractivity contribution in [2.75, 3.05) is 23.3 Å². The average molecular weight is 417 g/mol. The van der Waals surface area contributed by atoms with Crippen molar-refractivity contribution in [3.63, 3.8) is 0 Å². The van der Waals surface area contributed by atoms with E-state index in [1.165, 1.54) is 24.9 Å². The number of hydrogen-bond acceptors (Lipinski definition) is 4. The minimum absolute atomic E-state index is 0.220. The number of piperidine rings is 1. The summed E-state index contributed by atoms with van der Waals surface area (Å²) in [5.41, 5.74) is 4.03. The van der Waals surface area contributed by atoms with Crippen molar-refractivity contribution in [2.45, 2.75) is 32.4 Å². The molecule has 2 heterocycles. The van der Waals surface area contributed by atoms with Crippen LogP contribution in [0, 0.1) is 0 Å². The topological polar surface area (TPSA) is 66.5 Å². The SMILES string of the molecule is O=C(NCc1ccc(OCc2cccnc2)cc1)Nc1ccc(N2CCCCC2)cc1. The third kappa shape index (κ3) is 6.22. The number of pyridine rings is 1. The second-order valence-corrected chi connectivity index (χ2v) is 7.70. The largest absolute Gasteiger partial charge is 0.489 e. The molecule has 160 valence electrons. The minimum atomic E-state index is -0.220. The monoisotopic (exact) mass is 416 g/mol. The lowest BCUT2D eigenvalue weighted by molar-refractivity contribution is 0.251. The Kier molecular flexibility index (Phi) is 7.00. The Morgan fingerprint density at radius 3 is 2.42 bits per heavy atom. The molecule has 0 atom stereocenters. The lowest BCUT2D eigenvalue weighted by Crippen LogP contribution is -2.29. The van der Waals surface area contributed by atoms with Crippen LogP contribution in [0.15, 0.2) is 73.1 Å². The third-order valence-corrected chi connectivity index (χ3v) is 5.35. The molecule has 1 aromatic heterocycles. The molecule has 3 aromatic rings. The Morgan fingerprint density at radius 1 is 0.935 bits per heavy atom. The third-order valence-electron chi connectivity index (χ3n) is 5.35. The van der Waals surface area contributed by atoms with E-state index in [9.17, 15) is 4.79 Å². The molecule has 0 saturated carbocycles. The Balaban J connectivity index is 1.21. The van der Waals surface area contributed by atoms with Crippen LogP contribution in [0.5, 0.6) is 5.75 Å². The first-order valence-corrected chi connectivity index (χ1v) is 10.8. The summed E-state index contributed by atoms with van der Waals surface area (Å²) >= 11 is 0. The number of amides is 2. The van der Waals surface area contributed by atoms with Crippen molar-refractivity contribution in [3.05, 3.63) is 84.2 Å². The number of urea groups is 1. The molecule has 1 saturated heterocycles. The molecular weight excluding hydrogens is 388 g/mol. The summed E-state index contributed by atoms with van der Waals surface area (Å²) in [5, 5.41) is 5.79. The van der Waals surface area contributed by atoms with Gasteiger partial charge in [0.25, 0.3) is 0 Å². The van der Waals surface area contributed by atoms with Gasteiger partial charge in [-0.2, -0.15) is 0 Å². The normalized spacial score (nSPS) is 13.5. The van der Waals surface area contributed by atoms with Crippen molar-refractivity contribution < 1.29 is 9.53 Å². The molecule has 0 radical (unpaired) electrons. The number of nitrogens with zero attached hydrogens (tertiary/aromatic N) is 2. The predicted octanol–water partition coefficient (Wildman–Crippen LogP) is 4.97. The number of aromatic nitrogens is 1. The molecule has 1 fully saturated rings. The van der Waals surface area contributed by atoms with Crippen LogP contribution in [0.4, 0.5) is 16.2 Å². The van der Waals surface area contributed by atoms with Crippen LogP contribution in [0.3, 0.4) is 0 Å². The van der Waals surface area contributed by atoms with E-state index in [4.69, 9.17) is 4.74 Å². The van der Waals surface area contributed by atoms with Gasteiger partial charge in [0.05, 0.1) is 0 Å². The van der Waals surface area contributed by atoms with E-state index in [1.807, 2.05) is 48.5 Å². The maximum Gasteiger partial charge on any atom is 0.319 e. The molecule has 2 aromatic carbocycles. The van der Waals surface area contributed by atoms with Gasteiger partial charge in [0, 0.05) is 49.0 Å². The predicted molar refractivity (Wildman–Crippen MR) is 123 cm³/mol. The Bertz CT molecular complexity index is 953. The molecule has 1 aliphatic heterocycles. The lowest BCUT2D eigenvalue weighted by atomic mass is 10.1. The van der Waals surface area contributed by atoms with E-state index in [2.05, 4.69) is 32.7 Å². The number of carbonyl (C=O) groups is 1. The second kappa shape index (κ2) is 10.5. The van der Waals surface area contributed by atoms with Gasteiger partial charge in [0.2, 0.25) is 0 Å². The second-order valence-electron chi connectivity index (χ2n) is 7.70. The van der Waals surface area contributed by atoms with Gasteiger partial charge in [-0.15, -0.1) is 0 Å². The standard InChI is InChI=1S/C25H28N4O2/c30-25(28-22-8-10-23(11-9-22)29-15-2-1-3-16-29)27-18-20-6-12-24(13-7-20)31-19-21-5-4-14-26-17-21/h4-14,17H,1-3,15-16,18-19H2,(H2,27,28,30). The average Bonchev–Trinajstić information content (AvgIpc) is 2.84. The quantitative estimate of drug-likeness (QED) is 0.571. The van der Waals surface area contributed by atoms with Crippen molar-refractivity contribution in [1.29, 1.82) is 0 Å². The van der Waals surface area contributed by atoms with Crippen LogP contribution >= 0.6 is 0 Å². The first kappa shape index (κ1) is 20.7. The van der Waals surface area contributed by atoms with Gasteiger partial charge in [-0.3, -0.25) is 4.98 Å². The summed E-state index contributed by atoms with van der Waals surface area (Å²) < 4.78 is 5.76. The highest BCUT2D eigenvalue weighted by atomic mass is 16.5. The fourth-order valence-electron chi connectivity index (χ4n) is 3.62. The molecule has 0 bridgehead atoms. The number of benzene rings is 2. The molecule has 2 N–H and O–H groups in total. The molecule has 31 heavy (non-hydrogen) atoms. The van der Waals surface area contributed by atoms with Crippen LogP contribution < -0.4 is 20.3 Å². The van der Waals surface area contributed by atoms with Gasteiger partial charge >= 0.3 is 6.03 Å². The van der Waals surface area contributed by atoms with E-state index in [0.717, 1.165) is 35.7 Å². The maximum absolute atomic E-state index is 12.2. The lowest BCUT2D eigenvalue weighted by Gasteiger charge is -2.28. The number of anilines is 2. The van der Waals surface area contributed by atoms with Crippen molar-refractivity contribution in [3.8, 4) is 5.75 Å². The maximum atomic E-state index is 12.2. The highest BCUT2D eigenvalue weighted by Crippen LogP contribution is 2.21. The highest BCUT2D eigenvalue weighted by Gasteiger charge is 2.11. The summed E-state index contributed by atoms with van der Waals surface area (Å²) in [4.78, 5) is 18.7. The van der Waals surface area contributed by atoms with Crippen molar-refractivity contribution in [1.82, 2.24) is 10.3 Å². The fourth-order valence-corrected chi connectivity index (χ4v) is 3.62. The Hall–Kier alpha value is -3.54. The van der Waals surface area contributed by atoms with Crippen LogP contribution in [-0.4, -0.2) is 24.1 Å². The molecular formula is C25H28N4O2. The number of nitrogens with one attached hydrogen (secondary N) is 2. The van der Waals surface area contributed by atoms with Crippen LogP contribution in [0.25, 0.3) is 0 Å². The number of ether oxygens (including phenoxy) is 1. The van der Waals surface area contributed by atoms with Crippen LogP contribution in [-0.2, 0) is 13.2 Å². The molecule has 0 aliphatic carbocycles. The zero-order valence-electron chi connectivity index (χ0n) is 17.6. The van der Waals surface area contributed by atoms with Crippen LogP contribution in [0.2, 0.25) is 0 Å². The Labute approximate surface area is 183 Å². The van der Waals surface area contributed by atoms with Crippen molar-refractivity contribution in [2.24, 2.45) is 0 Å². The summed E-state index contributed by atoms with van der Waals surface area (Å²) in [6.07, 6.45) is 7.35.